The van der Waals surface area contributed by atoms with Gasteiger partial charge in [-0.1, -0.05) is 6.07 Å². The van der Waals surface area contributed by atoms with Gasteiger partial charge in [-0.15, -0.1) is 0 Å². The maximum absolute atomic E-state index is 11.6. The molecule has 0 radical (unpaired) electrons. The molecule has 92 valence electrons. The van der Waals surface area contributed by atoms with Crippen LogP contribution in [0.3, 0.4) is 0 Å². The minimum atomic E-state index is -0.393. The van der Waals surface area contributed by atoms with E-state index < -0.39 is 6.09 Å². The lowest BCUT2D eigenvalue weighted by Gasteiger charge is -2.19. The van der Waals surface area contributed by atoms with E-state index in [4.69, 9.17) is 4.74 Å². The quantitative estimate of drug-likeness (QED) is 0.809. The highest BCUT2D eigenvalue weighted by Crippen LogP contribution is 2.26. The summed E-state index contributed by atoms with van der Waals surface area (Å²) in [5.74, 6) is 0.632. The Kier molecular flexibility index (Phi) is 3.09. The zero-order chi connectivity index (χ0) is 12.5. The van der Waals surface area contributed by atoms with Gasteiger partial charge in [0.2, 0.25) is 0 Å². The number of aryl methyl sites for hydroxylation is 2. The topological polar surface area (TPSA) is 38.3 Å². The second-order valence-electron chi connectivity index (χ2n) is 5.55. The van der Waals surface area contributed by atoms with Gasteiger partial charge in [0.1, 0.15) is 5.75 Å². The molecule has 0 bridgehead atoms. The van der Waals surface area contributed by atoms with Gasteiger partial charge in [-0.25, -0.2) is 4.79 Å². The first-order chi connectivity index (χ1) is 7.94. The van der Waals surface area contributed by atoms with E-state index in [0.717, 1.165) is 12.8 Å². The van der Waals surface area contributed by atoms with Crippen molar-refractivity contribution in [3.63, 3.8) is 0 Å². The molecule has 1 aliphatic carbocycles. The van der Waals surface area contributed by atoms with Gasteiger partial charge >= 0.3 is 6.09 Å². The van der Waals surface area contributed by atoms with Crippen molar-refractivity contribution in [1.29, 1.82) is 0 Å². The minimum absolute atomic E-state index is 0.270. The van der Waals surface area contributed by atoms with Gasteiger partial charge < -0.3 is 10.1 Å². The third-order valence-electron chi connectivity index (χ3n) is 2.76. The third-order valence-corrected chi connectivity index (χ3v) is 2.76. The fourth-order valence-electron chi connectivity index (χ4n) is 2.05. The van der Waals surface area contributed by atoms with E-state index in [1.165, 1.54) is 17.5 Å². The monoisotopic (exact) mass is 233 g/mol. The van der Waals surface area contributed by atoms with Crippen molar-refractivity contribution in [3.05, 3.63) is 29.3 Å². The van der Waals surface area contributed by atoms with E-state index in [1.54, 1.807) is 0 Å². The average Bonchev–Trinajstić information content (AvgIpc) is 2.61. The molecule has 3 nitrogen and oxygen atoms in total. The number of hydrogen-bond acceptors (Lipinski definition) is 2. The first-order valence-electron chi connectivity index (χ1n) is 6.06. The number of rotatable bonds is 1. The molecule has 0 aliphatic heterocycles. The largest absolute Gasteiger partial charge is 0.413 e. The SMILES string of the molecule is CC(C)(C)NC(=O)Oc1ccc2c(c1)CCC2. The van der Waals surface area contributed by atoms with Crippen molar-refractivity contribution < 1.29 is 9.53 Å². The molecule has 0 fully saturated rings. The Morgan fingerprint density at radius 1 is 1.24 bits per heavy atom. The molecule has 0 saturated carbocycles. The number of carbonyl (C=O) groups is 1. The Morgan fingerprint density at radius 3 is 2.65 bits per heavy atom. The highest BCUT2D eigenvalue weighted by atomic mass is 16.6. The Hall–Kier alpha value is -1.51. The molecule has 1 N–H and O–H groups in total. The third kappa shape index (κ3) is 3.22. The van der Waals surface area contributed by atoms with Crippen molar-refractivity contribution in [2.75, 3.05) is 0 Å². The van der Waals surface area contributed by atoms with Crippen LogP contribution in [-0.4, -0.2) is 11.6 Å². The van der Waals surface area contributed by atoms with E-state index in [2.05, 4.69) is 11.4 Å². The van der Waals surface area contributed by atoms with Crippen LogP contribution in [-0.2, 0) is 12.8 Å². The van der Waals surface area contributed by atoms with Gasteiger partial charge in [0.15, 0.2) is 0 Å². The highest BCUT2D eigenvalue weighted by Gasteiger charge is 2.16. The standard InChI is InChI=1S/C14H19NO2/c1-14(2,3)15-13(16)17-12-8-7-10-5-4-6-11(10)9-12/h7-9H,4-6H2,1-3H3,(H,15,16). The smallest absolute Gasteiger partial charge is 0.410 e. The molecule has 0 heterocycles. The summed E-state index contributed by atoms with van der Waals surface area (Å²) in [6.07, 6.45) is 3.04. The lowest BCUT2D eigenvalue weighted by Crippen LogP contribution is -2.42. The molecular weight excluding hydrogens is 214 g/mol. The molecule has 0 saturated heterocycles. The van der Waals surface area contributed by atoms with Crippen LogP contribution in [0.2, 0.25) is 0 Å². The summed E-state index contributed by atoms with van der Waals surface area (Å²) in [6, 6.07) is 5.90. The predicted octanol–water partition coefficient (Wildman–Crippen LogP) is 3.06. The van der Waals surface area contributed by atoms with Crippen LogP contribution in [0.4, 0.5) is 4.79 Å². The summed E-state index contributed by atoms with van der Waals surface area (Å²) in [4.78, 5) is 11.6. The number of ether oxygens (including phenoxy) is 1. The molecule has 1 aromatic carbocycles. The molecule has 3 heteroatoms. The highest BCUT2D eigenvalue weighted by molar-refractivity contribution is 5.71. The number of nitrogens with one attached hydrogen (secondary N) is 1. The van der Waals surface area contributed by atoms with Crippen LogP contribution in [0.15, 0.2) is 18.2 Å². The van der Waals surface area contributed by atoms with Crippen molar-refractivity contribution >= 4 is 6.09 Å². The molecule has 2 rings (SSSR count). The van der Waals surface area contributed by atoms with E-state index >= 15 is 0 Å². The molecule has 0 atom stereocenters. The van der Waals surface area contributed by atoms with Crippen LogP contribution in [0.1, 0.15) is 38.3 Å². The minimum Gasteiger partial charge on any atom is -0.410 e. The lowest BCUT2D eigenvalue weighted by molar-refractivity contribution is 0.190. The van der Waals surface area contributed by atoms with E-state index in [0.29, 0.717) is 5.75 Å². The Morgan fingerprint density at radius 2 is 1.94 bits per heavy atom. The van der Waals surface area contributed by atoms with Gasteiger partial charge in [0.25, 0.3) is 0 Å². The molecular formula is C14H19NO2. The fourth-order valence-corrected chi connectivity index (χ4v) is 2.05. The van der Waals surface area contributed by atoms with Crippen molar-refractivity contribution in [2.45, 2.75) is 45.6 Å². The van der Waals surface area contributed by atoms with E-state index in [9.17, 15) is 4.79 Å². The summed E-state index contributed by atoms with van der Waals surface area (Å²) in [7, 11) is 0. The fraction of sp³-hybridized carbons (Fsp3) is 0.500. The van der Waals surface area contributed by atoms with Gasteiger partial charge in [0.05, 0.1) is 0 Å². The number of fused-ring (bicyclic) bond motifs is 1. The summed E-state index contributed by atoms with van der Waals surface area (Å²) in [5.41, 5.74) is 2.42. The zero-order valence-corrected chi connectivity index (χ0v) is 10.7. The van der Waals surface area contributed by atoms with Gasteiger partial charge in [-0.05, 0) is 63.3 Å². The summed E-state index contributed by atoms with van der Waals surface area (Å²) < 4.78 is 5.27. The van der Waals surface area contributed by atoms with Crippen LogP contribution in [0, 0.1) is 0 Å². The Balaban J connectivity index is 2.02. The van der Waals surface area contributed by atoms with Crippen LogP contribution < -0.4 is 10.1 Å². The zero-order valence-electron chi connectivity index (χ0n) is 10.7. The molecule has 0 spiro atoms. The van der Waals surface area contributed by atoms with Crippen LogP contribution >= 0.6 is 0 Å². The Labute approximate surface area is 102 Å². The number of amides is 1. The normalized spacial score (nSPS) is 14.3. The maximum Gasteiger partial charge on any atom is 0.413 e. The molecule has 0 aromatic heterocycles. The molecule has 1 aliphatic rings. The summed E-state index contributed by atoms with van der Waals surface area (Å²) in [5, 5.41) is 2.77. The molecule has 0 unspecified atom stereocenters. The molecule has 1 amide bonds. The number of hydrogen-bond donors (Lipinski definition) is 1. The van der Waals surface area contributed by atoms with Gasteiger partial charge in [0, 0.05) is 5.54 Å². The second-order valence-corrected chi connectivity index (χ2v) is 5.55. The van der Waals surface area contributed by atoms with Gasteiger partial charge in [-0.2, -0.15) is 0 Å². The van der Waals surface area contributed by atoms with E-state index in [-0.39, 0.29) is 5.54 Å². The maximum atomic E-state index is 11.6. The predicted molar refractivity (Wildman–Crippen MR) is 67.4 cm³/mol. The van der Waals surface area contributed by atoms with Crippen LogP contribution in [0.25, 0.3) is 0 Å². The van der Waals surface area contributed by atoms with Crippen molar-refractivity contribution in [3.8, 4) is 5.75 Å². The number of carbonyl (C=O) groups excluding carboxylic acids is 1. The Bertz CT molecular complexity index is 432. The first kappa shape index (κ1) is 12.0. The average molecular weight is 233 g/mol. The van der Waals surface area contributed by atoms with Crippen molar-refractivity contribution in [1.82, 2.24) is 5.32 Å². The summed E-state index contributed by atoms with van der Waals surface area (Å²) >= 11 is 0. The number of benzene rings is 1. The van der Waals surface area contributed by atoms with Gasteiger partial charge in [-0.3, -0.25) is 0 Å². The lowest BCUT2D eigenvalue weighted by atomic mass is 10.1. The first-order valence-corrected chi connectivity index (χ1v) is 6.06. The second kappa shape index (κ2) is 4.40. The van der Waals surface area contributed by atoms with Crippen molar-refractivity contribution in [2.24, 2.45) is 0 Å². The van der Waals surface area contributed by atoms with E-state index in [1.807, 2.05) is 32.9 Å². The molecule has 17 heavy (non-hydrogen) atoms. The summed E-state index contributed by atoms with van der Waals surface area (Å²) in [6.45, 7) is 5.78. The molecule has 1 aromatic rings. The van der Waals surface area contributed by atoms with Crippen LogP contribution in [0.5, 0.6) is 5.75 Å².